The Hall–Kier alpha value is -2.34. The van der Waals surface area contributed by atoms with Crippen molar-refractivity contribution in [2.45, 2.75) is 24.7 Å². The van der Waals surface area contributed by atoms with Gasteiger partial charge in [-0.15, -0.1) is 0 Å². The van der Waals surface area contributed by atoms with E-state index >= 15 is 0 Å². The molecule has 0 atom stereocenters. The Balaban J connectivity index is 2.21. The van der Waals surface area contributed by atoms with Crippen LogP contribution < -0.4 is 9.83 Å². The lowest BCUT2D eigenvalue weighted by molar-refractivity contribution is -0.255. The molecule has 5 nitrogen and oxygen atoms in total. The van der Waals surface area contributed by atoms with Crippen molar-refractivity contribution in [2.75, 3.05) is 4.72 Å². The molecule has 0 aliphatic heterocycles. The van der Waals surface area contributed by atoms with Crippen LogP contribution in [0.2, 0.25) is 0 Å². The van der Waals surface area contributed by atoms with Crippen LogP contribution >= 0.6 is 0 Å². The maximum atomic E-state index is 12.2. The zero-order chi connectivity index (χ0) is 16.3. The minimum absolute atomic E-state index is 0.00886. The van der Waals surface area contributed by atoms with E-state index in [1.807, 2.05) is 12.1 Å². The molecule has 0 saturated heterocycles. The van der Waals surface area contributed by atoms with Crippen LogP contribution in [0.3, 0.4) is 0 Å². The highest BCUT2D eigenvalue weighted by atomic mass is 32.2. The maximum Gasteiger partial charge on any atom is 0.261 e. The molecular weight excluding hydrogens is 302 g/mol. The number of benzene rings is 2. The van der Waals surface area contributed by atoms with Gasteiger partial charge in [-0.25, -0.2) is 8.42 Å². The van der Waals surface area contributed by atoms with Crippen LogP contribution in [-0.4, -0.2) is 14.4 Å². The Morgan fingerprint density at radius 2 is 1.55 bits per heavy atom. The second-order valence-electron chi connectivity index (χ2n) is 5.19. The lowest BCUT2D eigenvalue weighted by Gasteiger charge is -2.11. The summed E-state index contributed by atoms with van der Waals surface area (Å²) in [7, 11) is -3.75. The quantitative estimate of drug-likeness (QED) is 0.913. The fourth-order valence-electron chi connectivity index (χ4n) is 1.92. The van der Waals surface area contributed by atoms with Crippen molar-refractivity contribution >= 4 is 21.7 Å². The minimum atomic E-state index is -3.75. The van der Waals surface area contributed by atoms with Crippen molar-refractivity contribution in [1.29, 1.82) is 0 Å². The number of rotatable bonds is 5. The first-order chi connectivity index (χ1) is 10.3. The molecule has 2 aromatic carbocycles. The molecule has 1 N–H and O–H groups in total. The van der Waals surface area contributed by atoms with Crippen molar-refractivity contribution in [3.05, 3.63) is 59.7 Å². The first kappa shape index (κ1) is 16.0. The number of nitrogens with one attached hydrogen (secondary N) is 1. The van der Waals surface area contributed by atoms with Crippen molar-refractivity contribution in [3.8, 4) is 0 Å². The van der Waals surface area contributed by atoms with Gasteiger partial charge in [0, 0.05) is 5.69 Å². The Labute approximate surface area is 129 Å². The molecule has 0 bridgehead atoms. The smallest absolute Gasteiger partial charge is 0.261 e. The summed E-state index contributed by atoms with van der Waals surface area (Å²) in [6.45, 7) is 4.11. The number of aromatic carboxylic acids is 1. The largest absolute Gasteiger partial charge is 0.545 e. The first-order valence-electron chi connectivity index (χ1n) is 6.74. The highest BCUT2D eigenvalue weighted by Gasteiger charge is 2.14. The summed E-state index contributed by atoms with van der Waals surface area (Å²) in [5.74, 6) is -0.982. The van der Waals surface area contributed by atoms with Gasteiger partial charge in [0.1, 0.15) is 0 Å². The number of sulfonamides is 1. The molecule has 6 heteroatoms. The molecule has 2 rings (SSSR count). The summed E-state index contributed by atoms with van der Waals surface area (Å²) in [5, 5.41) is 10.7. The second kappa shape index (κ2) is 6.19. The van der Waals surface area contributed by atoms with Crippen LogP contribution in [0.15, 0.2) is 53.4 Å². The van der Waals surface area contributed by atoms with Gasteiger partial charge in [-0.1, -0.05) is 38.1 Å². The number of carboxylic acids is 1. The van der Waals surface area contributed by atoms with Gasteiger partial charge in [0.05, 0.1) is 10.9 Å². The molecule has 22 heavy (non-hydrogen) atoms. The van der Waals surface area contributed by atoms with Crippen LogP contribution in [0.4, 0.5) is 5.69 Å². The lowest BCUT2D eigenvalue weighted by atomic mass is 10.0. The Morgan fingerprint density at radius 1 is 1.00 bits per heavy atom. The number of carbonyl (C=O) groups excluding carboxylic acids is 1. The van der Waals surface area contributed by atoms with Gasteiger partial charge < -0.3 is 9.90 Å². The molecule has 0 spiro atoms. The second-order valence-corrected chi connectivity index (χ2v) is 6.88. The number of anilines is 1. The Kier molecular flexibility index (Phi) is 4.51. The lowest BCUT2D eigenvalue weighted by Crippen LogP contribution is -2.22. The fraction of sp³-hybridized carbons (Fsp3) is 0.188. The van der Waals surface area contributed by atoms with Crippen LogP contribution in [0.5, 0.6) is 0 Å². The monoisotopic (exact) mass is 318 g/mol. The SMILES string of the molecule is CC(C)c1ccc(NS(=O)(=O)c2ccc(C(=O)[O-])cc2)cc1. The molecule has 0 fully saturated rings. The van der Waals surface area contributed by atoms with E-state index in [1.165, 1.54) is 24.3 Å². The van der Waals surface area contributed by atoms with E-state index in [4.69, 9.17) is 0 Å². The molecule has 0 radical (unpaired) electrons. The first-order valence-corrected chi connectivity index (χ1v) is 8.22. The van der Waals surface area contributed by atoms with Crippen molar-refractivity contribution < 1.29 is 18.3 Å². The van der Waals surface area contributed by atoms with Gasteiger partial charge in [0.25, 0.3) is 10.0 Å². The third-order valence-corrected chi connectivity index (χ3v) is 4.63. The molecular formula is C16H16NO4S-. The molecule has 0 saturated carbocycles. The van der Waals surface area contributed by atoms with Gasteiger partial charge in [-0.2, -0.15) is 0 Å². The van der Waals surface area contributed by atoms with Gasteiger partial charge in [0.15, 0.2) is 0 Å². The van der Waals surface area contributed by atoms with Gasteiger partial charge in [-0.05, 0) is 41.3 Å². The minimum Gasteiger partial charge on any atom is -0.545 e. The number of carboxylic acid groups (broad SMARTS) is 1. The van der Waals surface area contributed by atoms with Crippen LogP contribution in [-0.2, 0) is 10.0 Å². The Bertz CT molecular complexity index is 763. The summed E-state index contributed by atoms with van der Waals surface area (Å²) in [6.07, 6.45) is 0. The highest BCUT2D eigenvalue weighted by Crippen LogP contribution is 2.20. The van der Waals surface area contributed by atoms with E-state index in [-0.39, 0.29) is 10.5 Å². The standard InChI is InChI=1S/C16H17NO4S/c1-11(2)12-3-7-14(8-4-12)17-22(20,21)15-9-5-13(6-10-15)16(18)19/h3-11,17H,1-2H3,(H,18,19)/p-1. The molecule has 0 aliphatic carbocycles. The van der Waals surface area contributed by atoms with Gasteiger partial charge in [-0.3, -0.25) is 4.72 Å². The molecule has 0 unspecified atom stereocenters. The van der Waals surface area contributed by atoms with Gasteiger partial charge in [0.2, 0.25) is 0 Å². The third kappa shape index (κ3) is 3.65. The molecule has 0 aromatic heterocycles. The average Bonchev–Trinajstić information content (AvgIpc) is 2.47. The average molecular weight is 318 g/mol. The fourth-order valence-corrected chi connectivity index (χ4v) is 2.98. The Morgan fingerprint density at radius 3 is 2.00 bits per heavy atom. The van der Waals surface area contributed by atoms with E-state index in [2.05, 4.69) is 18.6 Å². The summed E-state index contributed by atoms with van der Waals surface area (Å²) < 4.78 is 26.9. The summed E-state index contributed by atoms with van der Waals surface area (Å²) >= 11 is 0. The van der Waals surface area contributed by atoms with Crippen LogP contribution in [0.25, 0.3) is 0 Å². The van der Waals surface area contributed by atoms with Gasteiger partial charge >= 0.3 is 0 Å². The molecule has 116 valence electrons. The van der Waals surface area contributed by atoms with Crippen molar-refractivity contribution in [1.82, 2.24) is 0 Å². The number of carbonyl (C=O) groups is 1. The van der Waals surface area contributed by atoms with E-state index in [0.717, 1.165) is 5.56 Å². The van der Waals surface area contributed by atoms with E-state index in [9.17, 15) is 18.3 Å². The molecule has 2 aromatic rings. The molecule has 0 amide bonds. The summed E-state index contributed by atoms with van der Waals surface area (Å²) in [5.41, 5.74) is 1.50. The van der Waals surface area contributed by atoms with Crippen LogP contribution in [0, 0.1) is 0 Å². The normalized spacial score (nSPS) is 11.4. The topological polar surface area (TPSA) is 86.3 Å². The third-order valence-electron chi connectivity index (χ3n) is 3.23. The van der Waals surface area contributed by atoms with E-state index < -0.39 is 16.0 Å². The zero-order valence-corrected chi connectivity index (χ0v) is 13.1. The van der Waals surface area contributed by atoms with E-state index in [0.29, 0.717) is 11.6 Å². The predicted molar refractivity (Wildman–Crippen MR) is 82.1 cm³/mol. The molecule has 0 aliphatic rings. The van der Waals surface area contributed by atoms with Crippen LogP contribution in [0.1, 0.15) is 35.7 Å². The molecule has 0 heterocycles. The number of hydrogen-bond acceptors (Lipinski definition) is 4. The van der Waals surface area contributed by atoms with E-state index in [1.54, 1.807) is 12.1 Å². The predicted octanol–water partition coefficient (Wildman–Crippen LogP) is 1.97. The highest BCUT2D eigenvalue weighted by molar-refractivity contribution is 7.92. The number of hydrogen-bond donors (Lipinski definition) is 1. The maximum absolute atomic E-state index is 12.2. The van der Waals surface area contributed by atoms with Crippen molar-refractivity contribution in [2.24, 2.45) is 0 Å². The zero-order valence-electron chi connectivity index (χ0n) is 12.2. The van der Waals surface area contributed by atoms with Crippen molar-refractivity contribution in [3.63, 3.8) is 0 Å². The summed E-state index contributed by atoms with van der Waals surface area (Å²) in [4.78, 5) is 10.7. The summed E-state index contributed by atoms with van der Waals surface area (Å²) in [6, 6.07) is 12.0.